The molecule has 5 heterocycles. The molecule has 5 rings (SSSR count). The number of rotatable bonds is 2. The third-order valence-electron chi connectivity index (χ3n) is 5.16. The van der Waals surface area contributed by atoms with Gasteiger partial charge in [0.25, 0.3) is 5.91 Å². The summed E-state index contributed by atoms with van der Waals surface area (Å²) in [5.41, 5.74) is 1.71. The quantitative estimate of drug-likeness (QED) is 0.502. The van der Waals surface area contributed by atoms with Crippen LogP contribution in [0.3, 0.4) is 0 Å². The fraction of sp³-hybridized carbons (Fsp3) is 0.200. The number of aromatic nitrogens is 5. The van der Waals surface area contributed by atoms with Crippen molar-refractivity contribution in [3.05, 3.63) is 66.5 Å². The van der Waals surface area contributed by atoms with Gasteiger partial charge in [0.15, 0.2) is 0 Å². The summed E-state index contributed by atoms with van der Waals surface area (Å²) in [6.45, 7) is 2.15. The highest BCUT2D eigenvalue weighted by molar-refractivity contribution is 6.09. The Morgan fingerprint density at radius 2 is 1.93 bits per heavy atom. The molecule has 0 aliphatic carbocycles. The molecular weight excluding hydrogens is 397 g/mol. The molecule has 1 aliphatic heterocycles. The van der Waals surface area contributed by atoms with Crippen molar-refractivity contribution in [1.82, 2.24) is 24.1 Å². The van der Waals surface area contributed by atoms with Crippen molar-refractivity contribution >= 4 is 17.4 Å². The Morgan fingerprint density at radius 1 is 1.10 bits per heavy atom. The summed E-state index contributed by atoms with van der Waals surface area (Å²) in [5, 5.41) is 4.38. The first-order valence-corrected chi connectivity index (χ1v) is 9.18. The Morgan fingerprint density at radius 3 is 2.67 bits per heavy atom. The van der Waals surface area contributed by atoms with Gasteiger partial charge in [-0.25, -0.2) is 9.97 Å². The fourth-order valence-electron chi connectivity index (χ4n) is 3.66. The average Bonchev–Trinajstić information content (AvgIpc) is 3.37. The summed E-state index contributed by atoms with van der Waals surface area (Å²) < 4.78 is 42.0. The molecule has 0 spiro atoms. The van der Waals surface area contributed by atoms with Crippen LogP contribution >= 0.6 is 0 Å². The molecular formula is C20H15F3N6O. The zero-order valence-electron chi connectivity index (χ0n) is 15.7. The lowest BCUT2D eigenvalue weighted by atomic mass is 10.1. The predicted molar refractivity (Wildman–Crippen MR) is 102 cm³/mol. The number of pyridine rings is 2. The lowest BCUT2D eigenvalue weighted by Crippen LogP contribution is -2.43. The minimum atomic E-state index is -4.48. The second kappa shape index (κ2) is 6.41. The standard InChI is InChI=1S/C20H15F3N6O/c1-12-10-28(17-5-3-14(8-25-17)20(21,22)23)19(30)18-15(9-26-29(12)18)13-2-4-16-24-6-7-27(16)11-13/h2-9,11-12H,10H2,1H3/t12-/m0/s1. The number of hydrogen-bond acceptors (Lipinski definition) is 4. The van der Waals surface area contributed by atoms with Crippen molar-refractivity contribution in [2.45, 2.75) is 19.1 Å². The first-order valence-electron chi connectivity index (χ1n) is 9.18. The van der Waals surface area contributed by atoms with E-state index in [4.69, 9.17) is 0 Å². The molecule has 0 unspecified atom stereocenters. The van der Waals surface area contributed by atoms with E-state index in [1.165, 1.54) is 11.0 Å². The highest BCUT2D eigenvalue weighted by Gasteiger charge is 2.35. The maximum absolute atomic E-state index is 13.3. The summed E-state index contributed by atoms with van der Waals surface area (Å²) in [7, 11) is 0. The summed E-state index contributed by atoms with van der Waals surface area (Å²) in [5.74, 6) is -0.193. The van der Waals surface area contributed by atoms with E-state index >= 15 is 0 Å². The van der Waals surface area contributed by atoms with Crippen LogP contribution in [0, 0.1) is 0 Å². The number of halogens is 3. The maximum atomic E-state index is 13.3. The second-order valence-corrected chi connectivity index (χ2v) is 7.13. The monoisotopic (exact) mass is 412 g/mol. The number of imidazole rings is 1. The fourth-order valence-corrected chi connectivity index (χ4v) is 3.66. The Bertz CT molecular complexity index is 1260. The summed E-state index contributed by atoms with van der Waals surface area (Å²) in [6, 6.07) is 5.67. The van der Waals surface area contributed by atoms with Crippen LogP contribution in [0.2, 0.25) is 0 Å². The molecule has 10 heteroatoms. The van der Waals surface area contributed by atoms with E-state index in [1.54, 1.807) is 23.3 Å². The average molecular weight is 412 g/mol. The molecule has 0 fully saturated rings. The summed E-state index contributed by atoms with van der Waals surface area (Å²) >= 11 is 0. The van der Waals surface area contributed by atoms with Gasteiger partial charge in [-0.2, -0.15) is 18.3 Å². The number of fused-ring (bicyclic) bond motifs is 2. The van der Waals surface area contributed by atoms with Gasteiger partial charge in [-0.05, 0) is 31.2 Å². The van der Waals surface area contributed by atoms with E-state index in [1.807, 2.05) is 29.7 Å². The van der Waals surface area contributed by atoms with Gasteiger partial charge in [-0.3, -0.25) is 14.4 Å². The molecule has 7 nitrogen and oxygen atoms in total. The molecule has 0 radical (unpaired) electrons. The Kier molecular flexibility index (Phi) is 3.92. The van der Waals surface area contributed by atoms with Crippen molar-refractivity contribution in [3.8, 4) is 11.1 Å². The van der Waals surface area contributed by atoms with Crippen LogP contribution in [-0.4, -0.2) is 36.6 Å². The van der Waals surface area contributed by atoms with Crippen LogP contribution in [0.4, 0.5) is 19.0 Å². The van der Waals surface area contributed by atoms with E-state index in [-0.39, 0.29) is 24.3 Å². The van der Waals surface area contributed by atoms with Crippen LogP contribution in [0.25, 0.3) is 16.8 Å². The van der Waals surface area contributed by atoms with Crippen LogP contribution in [0.1, 0.15) is 29.0 Å². The minimum Gasteiger partial charge on any atom is -0.306 e. The summed E-state index contributed by atoms with van der Waals surface area (Å²) in [6.07, 6.45) is 3.23. The van der Waals surface area contributed by atoms with Gasteiger partial charge < -0.3 is 4.40 Å². The van der Waals surface area contributed by atoms with Crippen molar-refractivity contribution in [2.75, 3.05) is 11.4 Å². The normalized spacial score (nSPS) is 16.9. The molecule has 4 aromatic heterocycles. The molecule has 0 aromatic carbocycles. The van der Waals surface area contributed by atoms with E-state index < -0.39 is 11.7 Å². The van der Waals surface area contributed by atoms with Crippen LogP contribution in [0.5, 0.6) is 0 Å². The lowest BCUT2D eigenvalue weighted by Gasteiger charge is -2.31. The third-order valence-corrected chi connectivity index (χ3v) is 5.16. The van der Waals surface area contributed by atoms with Gasteiger partial charge in [0.2, 0.25) is 0 Å². The molecule has 0 saturated heterocycles. The molecule has 152 valence electrons. The largest absolute Gasteiger partial charge is 0.417 e. The number of amides is 1. The zero-order chi connectivity index (χ0) is 21.0. The van der Waals surface area contributed by atoms with E-state index in [9.17, 15) is 18.0 Å². The smallest absolute Gasteiger partial charge is 0.306 e. The molecule has 1 amide bonds. The molecule has 1 aliphatic rings. The van der Waals surface area contributed by atoms with Gasteiger partial charge in [0, 0.05) is 42.5 Å². The van der Waals surface area contributed by atoms with Crippen LogP contribution in [-0.2, 0) is 6.18 Å². The number of carbonyl (C=O) groups excluding carboxylic acids is 1. The number of hydrogen-bond donors (Lipinski definition) is 0. The maximum Gasteiger partial charge on any atom is 0.417 e. The Labute approximate surface area is 168 Å². The summed E-state index contributed by atoms with van der Waals surface area (Å²) in [4.78, 5) is 22.8. The first kappa shape index (κ1) is 18.3. The molecule has 0 N–H and O–H groups in total. The second-order valence-electron chi connectivity index (χ2n) is 7.13. The molecule has 4 aromatic rings. The topological polar surface area (TPSA) is 68.3 Å². The highest BCUT2D eigenvalue weighted by Crippen LogP contribution is 2.33. The van der Waals surface area contributed by atoms with Crippen molar-refractivity contribution < 1.29 is 18.0 Å². The van der Waals surface area contributed by atoms with Crippen molar-refractivity contribution in [2.24, 2.45) is 0 Å². The van der Waals surface area contributed by atoms with Gasteiger partial charge in [0.05, 0.1) is 17.8 Å². The highest BCUT2D eigenvalue weighted by atomic mass is 19.4. The molecule has 1 atom stereocenters. The number of anilines is 1. The van der Waals surface area contributed by atoms with Crippen molar-refractivity contribution in [3.63, 3.8) is 0 Å². The van der Waals surface area contributed by atoms with Gasteiger partial charge in [0.1, 0.15) is 17.2 Å². The van der Waals surface area contributed by atoms with E-state index in [2.05, 4.69) is 15.1 Å². The third kappa shape index (κ3) is 2.83. The number of nitrogens with zero attached hydrogens (tertiary/aromatic N) is 6. The molecule has 0 saturated carbocycles. The van der Waals surface area contributed by atoms with E-state index in [0.29, 0.717) is 11.3 Å². The minimum absolute atomic E-state index is 0.170. The molecule has 30 heavy (non-hydrogen) atoms. The van der Waals surface area contributed by atoms with E-state index in [0.717, 1.165) is 23.5 Å². The lowest BCUT2D eigenvalue weighted by molar-refractivity contribution is -0.137. The van der Waals surface area contributed by atoms with Gasteiger partial charge in [-0.1, -0.05) is 0 Å². The Balaban J connectivity index is 1.56. The van der Waals surface area contributed by atoms with Gasteiger partial charge >= 0.3 is 6.18 Å². The zero-order valence-corrected chi connectivity index (χ0v) is 15.7. The number of carbonyl (C=O) groups is 1. The van der Waals surface area contributed by atoms with Crippen LogP contribution in [0.15, 0.2) is 55.2 Å². The predicted octanol–water partition coefficient (Wildman–Crippen LogP) is 3.83. The Hall–Kier alpha value is -3.69. The SMILES string of the molecule is C[C@H]1CN(c2ccc(C(F)(F)F)cn2)C(=O)c2c(-c3ccc4nccn4c3)cnn21. The van der Waals surface area contributed by atoms with Crippen LogP contribution < -0.4 is 4.90 Å². The first-order chi connectivity index (χ1) is 14.3. The van der Waals surface area contributed by atoms with Crippen molar-refractivity contribution in [1.29, 1.82) is 0 Å². The number of alkyl halides is 3. The van der Waals surface area contributed by atoms with Gasteiger partial charge in [-0.15, -0.1) is 0 Å². The molecule has 0 bridgehead atoms.